The van der Waals surface area contributed by atoms with E-state index in [9.17, 15) is 4.39 Å². The zero-order chi connectivity index (χ0) is 9.14. The molecule has 0 aliphatic carbocycles. The Morgan fingerprint density at radius 3 is 2.50 bits per heavy atom. The lowest BCUT2D eigenvalue weighted by Crippen LogP contribution is -2.03. The van der Waals surface area contributed by atoms with Crippen LogP contribution in [0.3, 0.4) is 0 Å². The molecule has 0 aromatic heterocycles. The molecule has 0 fully saturated rings. The van der Waals surface area contributed by atoms with Crippen molar-refractivity contribution in [2.45, 2.75) is 20.3 Å². The van der Waals surface area contributed by atoms with E-state index in [1.54, 1.807) is 13.0 Å². The Kier molecular flexibility index (Phi) is 2.82. The summed E-state index contributed by atoms with van der Waals surface area (Å²) in [6, 6.07) is 3.56. The molecular formula is C10H14FN. The fourth-order valence-corrected chi connectivity index (χ4v) is 1.20. The molecule has 0 atom stereocenters. The van der Waals surface area contributed by atoms with Crippen LogP contribution >= 0.6 is 0 Å². The van der Waals surface area contributed by atoms with Gasteiger partial charge in [0.25, 0.3) is 0 Å². The van der Waals surface area contributed by atoms with Gasteiger partial charge in [0.05, 0.1) is 0 Å². The van der Waals surface area contributed by atoms with Gasteiger partial charge in [0.15, 0.2) is 0 Å². The fourth-order valence-electron chi connectivity index (χ4n) is 1.20. The van der Waals surface area contributed by atoms with Gasteiger partial charge in [0.1, 0.15) is 5.82 Å². The Bertz CT molecular complexity index is 258. The first-order chi connectivity index (χ1) is 5.65. The molecule has 2 N–H and O–H groups in total. The third kappa shape index (κ3) is 1.83. The van der Waals surface area contributed by atoms with Crippen LogP contribution in [0.5, 0.6) is 0 Å². The highest BCUT2D eigenvalue weighted by Gasteiger charge is 2.02. The summed E-state index contributed by atoms with van der Waals surface area (Å²) < 4.78 is 13.1. The van der Waals surface area contributed by atoms with Crippen molar-refractivity contribution in [1.29, 1.82) is 0 Å². The molecule has 2 heteroatoms. The van der Waals surface area contributed by atoms with Gasteiger partial charge in [-0.3, -0.25) is 0 Å². The standard InChI is InChI=1S/C10H14FN/c1-7-5-9(3-4-12)6-10(11)8(7)2/h5-6H,3-4,12H2,1-2H3. The lowest BCUT2D eigenvalue weighted by Gasteiger charge is -2.05. The highest BCUT2D eigenvalue weighted by Crippen LogP contribution is 2.14. The van der Waals surface area contributed by atoms with Gasteiger partial charge in [-0.1, -0.05) is 6.07 Å². The van der Waals surface area contributed by atoms with Crippen LogP contribution in [-0.2, 0) is 6.42 Å². The summed E-state index contributed by atoms with van der Waals surface area (Å²) in [7, 11) is 0. The number of benzene rings is 1. The van der Waals surface area contributed by atoms with E-state index in [-0.39, 0.29) is 5.82 Å². The number of nitrogens with two attached hydrogens (primary N) is 1. The predicted octanol–water partition coefficient (Wildman–Crippen LogP) is 1.94. The Labute approximate surface area is 72.4 Å². The zero-order valence-corrected chi connectivity index (χ0v) is 7.52. The van der Waals surface area contributed by atoms with Crippen molar-refractivity contribution >= 4 is 0 Å². The monoisotopic (exact) mass is 167 g/mol. The summed E-state index contributed by atoms with van der Waals surface area (Å²) in [4.78, 5) is 0. The molecule has 0 unspecified atom stereocenters. The maximum Gasteiger partial charge on any atom is 0.126 e. The largest absolute Gasteiger partial charge is 0.330 e. The average Bonchev–Trinajstić information content (AvgIpc) is 2.01. The summed E-state index contributed by atoms with van der Waals surface area (Å²) in [5.74, 6) is -0.126. The molecule has 0 aliphatic rings. The summed E-state index contributed by atoms with van der Waals surface area (Å²) in [6.07, 6.45) is 0.748. The van der Waals surface area contributed by atoms with Gasteiger partial charge >= 0.3 is 0 Å². The van der Waals surface area contributed by atoms with Crippen molar-refractivity contribution in [3.8, 4) is 0 Å². The van der Waals surface area contributed by atoms with E-state index in [2.05, 4.69) is 0 Å². The topological polar surface area (TPSA) is 26.0 Å². The van der Waals surface area contributed by atoms with E-state index in [1.165, 1.54) is 0 Å². The van der Waals surface area contributed by atoms with Crippen LogP contribution in [0.2, 0.25) is 0 Å². The first-order valence-electron chi connectivity index (χ1n) is 4.11. The molecular weight excluding hydrogens is 153 g/mol. The van der Waals surface area contributed by atoms with Gasteiger partial charge < -0.3 is 5.73 Å². The Morgan fingerprint density at radius 1 is 1.33 bits per heavy atom. The second-order valence-corrected chi connectivity index (χ2v) is 3.06. The quantitative estimate of drug-likeness (QED) is 0.715. The van der Waals surface area contributed by atoms with Crippen LogP contribution in [0.4, 0.5) is 4.39 Å². The molecule has 0 heterocycles. The van der Waals surface area contributed by atoms with Gasteiger partial charge in [0, 0.05) is 0 Å². The molecule has 0 amide bonds. The highest BCUT2D eigenvalue weighted by atomic mass is 19.1. The predicted molar refractivity (Wildman–Crippen MR) is 48.6 cm³/mol. The summed E-state index contributed by atoms with van der Waals surface area (Å²) in [5, 5.41) is 0. The highest BCUT2D eigenvalue weighted by molar-refractivity contribution is 5.31. The van der Waals surface area contributed by atoms with Gasteiger partial charge in [-0.2, -0.15) is 0 Å². The average molecular weight is 167 g/mol. The Hall–Kier alpha value is -0.890. The van der Waals surface area contributed by atoms with E-state index in [0.29, 0.717) is 6.54 Å². The Balaban J connectivity index is 3.04. The van der Waals surface area contributed by atoms with E-state index < -0.39 is 0 Å². The van der Waals surface area contributed by atoms with Gasteiger partial charge in [-0.25, -0.2) is 4.39 Å². The van der Waals surface area contributed by atoms with E-state index in [1.807, 2.05) is 13.0 Å². The smallest absolute Gasteiger partial charge is 0.126 e. The van der Waals surface area contributed by atoms with Crippen molar-refractivity contribution in [3.05, 3.63) is 34.6 Å². The zero-order valence-electron chi connectivity index (χ0n) is 7.52. The maximum absolute atomic E-state index is 13.1. The van der Waals surface area contributed by atoms with Gasteiger partial charge in [-0.15, -0.1) is 0 Å². The van der Waals surface area contributed by atoms with Crippen LogP contribution in [0, 0.1) is 19.7 Å². The first kappa shape index (κ1) is 9.20. The van der Waals surface area contributed by atoms with Crippen molar-refractivity contribution in [3.63, 3.8) is 0 Å². The molecule has 1 aromatic carbocycles. The molecule has 1 rings (SSSR count). The number of halogens is 1. The molecule has 1 nitrogen and oxygen atoms in total. The third-order valence-corrected chi connectivity index (χ3v) is 2.10. The van der Waals surface area contributed by atoms with Crippen LogP contribution in [0.25, 0.3) is 0 Å². The molecule has 0 saturated heterocycles. The third-order valence-electron chi connectivity index (χ3n) is 2.10. The number of rotatable bonds is 2. The van der Waals surface area contributed by atoms with Crippen LogP contribution < -0.4 is 5.73 Å². The van der Waals surface area contributed by atoms with Crippen molar-refractivity contribution in [1.82, 2.24) is 0 Å². The van der Waals surface area contributed by atoms with E-state index in [0.717, 1.165) is 23.1 Å². The molecule has 0 aliphatic heterocycles. The second-order valence-electron chi connectivity index (χ2n) is 3.06. The summed E-state index contributed by atoms with van der Waals surface area (Å²) in [5.41, 5.74) is 8.09. The summed E-state index contributed by atoms with van der Waals surface area (Å²) in [6.45, 7) is 4.28. The van der Waals surface area contributed by atoms with Crippen molar-refractivity contribution < 1.29 is 4.39 Å². The molecule has 66 valence electrons. The van der Waals surface area contributed by atoms with Crippen LogP contribution in [-0.4, -0.2) is 6.54 Å². The van der Waals surface area contributed by atoms with Crippen LogP contribution in [0.15, 0.2) is 12.1 Å². The second kappa shape index (κ2) is 3.68. The Morgan fingerprint density at radius 2 is 2.00 bits per heavy atom. The van der Waals surface area contributed by atoms with Gasteiger partial charge in [0.2, 0.25) is 0 Å². The SMILES string of the molecule is Cc1cc(CCN)cc(F)c1C. The van der Waals surface area contributed by atoms with Crippen molar-refractivity contribution in [2.24, 2.45) is 5.73 Å². The number of aryl methyl sites for hydroxylation is 1. The van der Waals surface area contributed by atoms with E-state index >= 15 is 0 Å². The van der Waals surface area contributed by atoms with Crippen LogP contribution in [0.1, 0.15) is 16.7 Å². The first-order valence-corrected chi connectivity index (χ1v) is 4.11. The molecule has 0 spiro atoms. The number of hydrogen-bond acceptors (Lipinski definition) is 1. The normalized spacial score (nSPS) is 10.3. The minimum Gasteiger partial charge on any atom is -0.330 e. The lowest BCUT2D eigenvalue weighted by atomic mass is 10.0. The van der Waals surface area contributed by atoms with Gasteiger partial charge in [-0.05, 0) is 49.6 Å². The molecule has 0 saturated carbocycles. The molecule has 12 heavy (non-hydrogen) atoms. The minimum absolute atomic E-state index is 0.126. The van der Waals surface area contributed by atoms with E-state index in [4.69, 9.17) is 5.73 Å². The minimum atomic E-state index is -0.126. The molecule has 0 radical (unpaired) electrons. The maximum atomic E-state index is 13.1. The van der Waals surface area contributed by atoms with Crippen molar-refractivity contribution in [2.75, 3.05) is 6.54 Å². The molecule has 0 bridgehead atoms. The molecule has 1 aromatic rings. The summed E-state index contributed by atoms with van der Waals surface area (Å²) >= 11 is 0. The fraction of sp³-hybridized carbons (Fsp3) is 0.400. The number of hydrogen-bond donors (Lipinski definition) is 1. The lowest BCUT2D eigenvalue weighted by molar-refractivity contribution is 0.614.